The van der Waals surface area contributed by atoms with Gasteiger partial charge in [0, 0.05) is 6.61 Å². The summed E-state index contributed by atoms with van der Waals surface area (Å²) in [7, 11) is 0. The third-order valence-electron chi connectivity index (χ3n) is 3.13. The maximum absolute atomic E-state index is 5.98. The predicted octanol–water partition coefficient (Wildman–Crippen LogP) is 1.32. The molecule has 3 nitrogen and oxygen atoms in total. The molecule has 0 unspecified atom stereocenters. The van der Waals surface area contributed by atoms with Gasteiger partial charge in [0.2, 0.25) is 0 Å². The maximum atomic E-state index is 5.98. The largest absolute Gasteiger partial charge is 0.378 e. The highest BCUT2D eigenvalue weighted by Gasteiger charge is 2.32. The lowest BCUT2D eigenvalue weighted by atomic mass is 9.91. The SMILES string of the molecule is CCOC1CC(OC2CCNCC2)C1. The van der Waals surface area contributed by atoms with Crippen LogP contribution in [0.1, 0.15) is 32.6 Å². The molecule has 1 aliphatic carbocycles. The Bertz CT molecular complexity index is 163. The van der Waals surface area contributed by atoms with E-state index in [1.807, 2.05) is 0 Å². The van der Waals surface area contributed by atoms with E-state index in [4.69, 9.17) is 9.47 Å². The van der Waals surface area contributed by atoms with Gasteiger partial charge in [0.25, 0.3) is 0 Å². The summed E-state index contributed by atoms with van der Waals surface area (Å²) in [6.45, 7) is 5.13. The molecule has 0 bridgehead atoms. The fourth-order valence-corrected chi connectivity index (χ4v) is 2.20. The van der Waals surface area contributed by atoms with Crippen LogP contribution in [0, 0.1) is 0 Å². The van der Waals surface area contributed by atoms with Gasteiger partial charge in [0.05, 0.1) is 18.3 Å². The summed E-state index contributed by atoms with van der Waals surface area (Å²) in [6, 6.07) is 0. The first kappa shape index (κ1) is 10.4. The van der Waals surface area contributed by atoms with Gasteiger partial charge in [0.15, 0.2) is 0 Å². The molecule has 2 rings (SSSR count). The average Bonchev–Trinajstić information content (AvgIpc) is 2.16. The number of ether oxygens (including phenoxy) is 2. The zero-order valence-corrected chi connectivity index (χ0v) is 9.00. The molecule has 0 aromatic carbocycles. The van der Waals surface area contributed by atoms with E-state index in [2.05, 4.69) is 12.2 Å². The van der Waals surface area contributed by atoms with Gasteiger partial charge in [-0.05, 0) is 45.7 Å². The lowest BCUT2D eigenvalue weighted by Crippen LogP contribution is -2.42. The van der Waals surface area contributed by atoms with Gasteiger partial charge in [-0.2, -0.15) is 0 Å². The van der Waals surface area contributed by atoms with Gasteiger partial charge in [-0.25, -0.2) is 0 Å². The molecule has 1 saturated heterocycles. The number of hydrogen-bond donors (Lipinski definition) is 1. The van der Waals surface area contributed by atoms with Crippen LogP contribution in [0.15, 0.2) is 0 Å². The van der Waals surface area contributed by atoms with Crippen LogP contribution in [-0.4, -0.2) is 38.0 Å². The van der Waals surface area contributed by atoms with E-state index in [1.165, 1.54) is 12.8 Å². The number of rotatable bonds is 4. The number of hydrogen-bond acceptors (Lipinski definition) is 3. The molecular formula is C11H21NO2. The van der Waals surface area contributed by atoms with E-state index in [0.717, 1.165) is 32.5 Å². The first-order valence-electron chi connectivity index (χ1n) is 5.86. The Balaban J connectivity index is 1.58. The van der Waals surface area contributed by atoms with Crippen molar-refractivity contribution in [3.63, 3.8) is 0 Å². The monoisotopic (exact) mass is 199 g/mol. The zero-order chi connectivity index (χ0) is 9.80. The van der Waals surface area contributed by atoms with Crippen molar-refractivity contribution < 1.29 is 9.47 Å². The molecular weight excluding hydrogens is 178 g/mol. The second-order valence-corrected chi connectivity index (χ2v) is 4.26. The first-order valence-corrected chi connectivity index (χ1v) is 5.86. The molecule has 2 fully saturated rings. The Morgan fingerprint density at radius 2 is 1.79 bits per heavy atom. The van der Waals surface area contributed by atoms with E-state index < -0.39 is 0 Å². The summed E-state index contributed by atoms with van der Waals surface area (Å²) in [5, 5.41) is 3.35. The Hall–Kier alpha value is -0.120. The standard InChI is InChI=1S/C11H21NO2/c1-2-13-10-7-11(8-10)14-9-3-5-12-6-4-9/h9-12H,2-8H2,1H3. The Kier molecular flexibility index (Phi) is 3.79. The third kappa shape index (κ3) is 2.69. The molecule has 0 aromatic rings. The number of nitrogens with one attached hydrogen (secondary N) is 1. The van der Waals surface area contributed by atoms with Crippen LogP contribution in [0.5, 0.6) is 0 Å². The van der Waals surface area contributed by atoms with Crippen LogP contribution < -0.4 is 5.32 Å². The summed E-state index contributed by atoms with van der Waals surface area (Å²) < 4.78 is 11.5. The molecule has 1 aliphatic heterocycles. The summed E-state index contributed by atoms with van der Waals surface area (Å²) >= 11 is 0. The Morgan fingerprint density at radius 3 is 2.43 bits per heavy atom. The third-order valence-corrected chi connectivity index (χ3v) is 3.13. The molecule has 0 aromatic heterocycles. The summed E-state index contributed by atoms with van der Waals surface area (Å²) in [6.07, 6.45) is 6.03. The molecule has 0 radical (unpaired) electrons. The maximum Gasteiger partial charge on any atom is 0.0628 e. The quantitative estimate of drug-likeness (QED) is 0.741. The van der Waals surface area contributed by atoms with Crippen molar-refractivity contribution in [2.45, 2.75) is 50.9 Å². The molecule has 0 atom stereocenters. The summed E-state index contributed by atoms with van der Waals surface area (Å²) in [4.78, 5) is 0. The van der Waals surface area contributed by atoms with Gasteiger partial charge in [-0.1, -0.05) is 0 Å². The second-order valence-electron chi connectivity index (χ2n) is 4.26. The van der Waals surface area contributed by atoms with Crippen LogP contribution in [0.4, 0.5) is 0 Å². The first-order chi connectivity index (χ1) is 6.88. The van der Waals surface area contributed by atoms with E-state index in [0.29, 0.717) is 18.3 Å². The fraction of sp³-hybridized carbons (Fsp3) is 1.00. The minimum atomic E-state index is 0.478. The van der Waals surface area contributed by atoms with E-state index in [-0.39, 0.29) is 0 Å². The van der Waals surface area contributed by atoms with Crippen molar-refractivity contribution in [2.24, 2.45) is 0 Å². The minimum Gasteiger partial charge on any atom is -0.378 e. The normalized spacial score (nSPS) is 34.1. The summed E-state index contributed by atoms with van der Waals surface area (Å²) in [5.74, 6) is 0. The van der Waals surface area contributed by atoms with Crippen molar-refractivity contribution >= 4 is 0 Å². The van der Waals surface area contributed by atoms with E-state index in [1.54, 1.807) is 0 Å². The van der Waals surface area contributed by atoms with Gasteiger partial charge >= 0.3 is 0 Å². The van der Waals surface area contributed by atoms with Gasteiger partial charge in [-0.15, -0.1) is 0 Å². The molecule has 0 spiro atoms. The topological polar surface area (TPSA) is 30.5 Å². The zero-order valence-electron chi connectivity index (χ0n) is 9.00. The van der Waals surface area contributed by atoms with Crippen molar-refractivity contribution in [3.8, 4) is 0 Å². The van der Waals surface area contributed by atoms with Crippen LogP contribution in [0.2, 0.25) is 0 Å². The lowest BCUT2D eigenvalue weighted by Gasteiger charge is -2.38. The predicted molar refractivity (Wildman–Crippen MR) is 55.4 cm³/mol. The van der Waals surface area contributed by atoms with Crippen molar-refractivity contribution in [1.29, 1.82) is 0 Å². The molecule has 14 heavy (non-hydrogen) atoms. The lowest BCUT2D eigenvalue weighted by molar-refractivity contribution is -0.128. The van der Waals surface area contributed by atoms with Crippen molar-refractivity contribution in [1.82, 2.24) is 5.32 Å². The average molecular weight is 199 g/mol. The van der Waals surface area contributed by atoms with E-state index in [9.17, 15) is 0 Å². The highest BCUT2D eigenvalue weighted by molar-refractivity contribution is 4.83. The Labute approximate surface area is 86.2 Å². The molecule has 82 valence electrons. The van der Waals surface area contributed by atoms with Crippen molar-refractivity contribution in [3.05, 3.63) is 0 Å². The smallest absolute Gasteiger partial charge is 0.0628 e. The Morgan fingerprint density at radius 1 is 1.07 bits per heavy atom. The van der Waals surface area contributed by atoms with Crippen LogP contribution in [-0.2, 0) is 9.47 Å². The van der Waals surface area contributed by atoms with Gasteiger partial charge in [0.1, 0.15) is 0 Å². The van der Waals surface area contributed by atoms with Crippen LogP contribution >= 0.6 is 0 Å². The summed E-state index contributed by atoms with van der Waals surface area (Å²) in [5.41, 5.74) is 0. The highest BCUT2D eigenvalue weighted by atomic mass is 16.5. The van der Waals surface area contributed by atoms with Gasteiger partial charge in [-0.3, -0.25) is 0 Å². The van der Waals surface area contributed by atoms with Crippen molar-refractivity contribution in [2.75, 3.05) is 19.7 Å². The molecule has 1 N–H and O–H groups in total. The van der Waals surface area contributed by atoms with Crippen LogP contribution in [0.25, 0.3) is 0 Å². The molecule has 1 saturated carbocycles. The van der Waals surface area contributed by atoms with Crippen LogP contribution in [0.3, 0.4) is 0 Å². The fourth-order valence-electron chi connectivity index (χ4n) is 2.20. The van der Waals surface area contributed by atoms with Gasteiger partial charge < -0.3 is 14.8 Å². The molecule has 0 amide bonds. The molecule has 2 aliphatic rings. The van der Waals surface area contributed by atoms with E-state index >= 15 is 0 Å². The molecule has 1 heterocycles. The minimum absolute atomic E-state index is 0.478. The second kappa shape index (κ2) is 5.10. The number of piperidine rings is 1. The molecule has 3 heteroatoms. The highest BCUT2D eigenvalue weighted by Crippen LogP contribution is 2.28.